The number of carbonyl (C=O) groups is 1. The van der Waals surface area contributed by atoms with Crippen LogP contribution < -0.4 is 19.9 Å². The van der Waals surface area contributed by atoms with Gasteiger partial charge in [-0.25, -0.2) is 4.79 Å². The Hall–Kier alpha value is -2.81. The highest BCUT2D eigenvalue weighted by Crippen LogP contribution is 2.40. The Bertz CT molecular complexity index is 659. The molecule has 2 rings (SSSR count). The molecule has 1 aromatic heterocycles. The zero-order valence-electron chi connectivity index (χ0n) is 12.2. The molecule has 0 spiro atoms. The molecule has 0 aliphatic heterocycles. The fraction of sp³-hybridized carbons (Fsp3) is 0.308. The molecule has 3 N–H and O–H groups in total. The third kappa shape index (κ3) is 2.79. The maximum Gasteiger partial charge on any atom is 0.330 e. The lowest BCUT2D eigenvalue weighted by molar-refractivity contribution is -0.139. The van der Waals surface area contributed by atoms with Gasteiger partial charge in [0.1, 0.15) is 0 Å². The van der Waals surface area contributed by atoms with Crippen molar-refractivity contribution in [1.82, 2.24) is 10.2 Å². The maximum absolute atomic E-state index is 10.8. The molecule has 118 valence electrons. The minimum Gasteiger partial charge on any atom is -0.493 e. The fourth-order valence-electron chi connectivity index (χ4n) is 1.79. The van der Waals surface area contributed by atoms with Crippen molar-refractivity contribution in [1.29, 1.82) is 0 Å². The Balaban J connectivity index is 2.47. The van der Waals surface area contributed by atoms with Crippen molar-refractivity contribution in [2.24, 2.45) is 5.73 Å². The molecule has 1 heterocycles. The van der Waals surface area contributed by atoms with Gasteiger partial charge in [-0.2, -0.15) is 0 Å². The van der Waals surface area contributed by atoms with E-state index in [1.807, 2.05) is 0 Å². The van der Waals surface area contributed by atoms with E-state index in [4.69, 9.17) is 29.5 Å². The van der Waals surface area contributed by atoms with Gasteiger partial charge in [0.25, 0.3) is 0 Å². The molecule has 9 nitrogen and oxygen atoms in total. The van der Waals surface area contributed by atoms with Crippen LogP contribution in [0.15, 0.2) is 16.5 Å². The van der Waals surface area contributed by atoms with Gasteiger partial charge in [0.05, 0.1) is 21.3 Å². The molecule has 9 heteroatoms. The van der Waals surface area contributed by atoms with Gasteiger partial charge in [0, 0.05) is 5.56 Å². The topological polar surface area (TPSA) is 130 Å². The van der Waals surface area contributed by atoms with E-state index in [0.29, 0.717) is 22.8 Å². The summed E-state index contributed by atoms with van der Waals surface area (Å²) >= 11 is 0. The minimum absolute atomic E-state index is 0.0888. The molecule has 0 amide bonds. The first kappa shape index (κ1) is 15.6. The summed E-state index contributed by atoms with van der Waals surface area (Å²) in [6.45, 7) is 0. The largest absolute Gasteiger partial charge is 0.493 e. The molecule has 1 atom stereocenters. The molecule has 0 saturated carbocycles. The number of rotatable bonds is 6. The quantitative estimate of drug-likeness (QED) is 0.797. The van der Waals surface area contributed by atoms with Crippen LogP contribution in [0, 0.1) is 0 Å². The second kappa shape index (κ2) is 6.31. The number of ether oxygens (including phenoxy) is 3. The number of carboxylic acid groups (broad SMARTS) is 1. The Labute approximate surface area is 125 Å². The van der Waals surface area contributed by atoms with E-state index in [1.54, 1.807) is 12.1 Å². The van der Waals surface area contributed by atoms with Crippen molar-refractivity contribution in [3.63, 3.8) is 0 Å². The zero-order chi connectivity index (χ0) is 16.3. The lowest BCUT2D eigenvalue weighted by atomic mass is 10.2. The molecule has 0 aliphatic rings. The monoisotopic (exact) mass is 309 g/mol. The van der Waals surface area contributed by atoms with E-state index in [2.05, 4.69) is 10.2 Å². The van der Waals surface area contributed by atoms with Crippen LogP contribution in [0.2, 0.25) is 0 Å². The Morgan fingerprint density at radius 2 is 1.77 bits per heavy atom. The van der Waals surface area contributed by atoms with Gasteiger partial charge in [-0.1, -0.05) is 0 Å². The molecule has 0 bridgehead atoms. The van der Waals surface area contributed by atoms with Gasteiger partial charge in [0.2, 0.25) is 17.5 Å². The van der Waals surface area contributed by atoms with E-state index in [1.165, 1.54) is 21.3 Å². The van der Waals surface area contributed by atoms with Crippen molar-refractivity contribution in [3.05, 3.63) is 18.0 Å². The van der Waals surface area contributed by atoms with Gasteiger partial charge >= 0.3 is 5.97 Å². The van der Waals surface area contributed by atoms with Gasteiger partial charge in [-0.3, -0.25) is 0 Å². The van der Waals surface area contributed by atoms with Gasteiger partial charge in [-0.15, -0.1) is 10.2 Å². The summed E-state index contributed by atoms with van der Waals surface area (Å²) in [5, 5.41) is 16.3. The summed E-state index contributed by atoms with van der Waals surface area (Å²) in [5.74, 6) is -0.156. The van der Waals surface area contributed by atoms with Gasteiger partial charge < -0.3 is 29.5 Å². The van der Waals surface area contributed by atoms with Crippen LogP contribution in [0.4, 0.5) is 0 Å². The molecular weight excluding hydrogens is 294 g/mol. The predicted octanol–water partition coefficient (Wildman–Crippen LogP) is 0.847. The molecule has 22 heavy (non-hydrogen) atoms. The summed E-state index contributed by atoms with van der Waals surface area (Å²) in [7, 11) is 4.43. The summed E-state index contributed by atoms with van der Waals surface area (Å²) in [6, 6.07) is 1.82. The highest BCUT2D eigenvalue weighted by atomic mass is 16.5. The van der Waals surface area contributed by atoms with Crippen molar-refractivity contribution in [2.45, 2.75) is 6.04 Å². The van der Waals surface area contributed by atoms with E-state index in [9.17, 15) is 4.79 Å². The molecule has 0 radical (unpaired) electrons. The molecule has 2 aromatic rings. The van der Waals surface area contributed by atoms with Gasteiger partial charge in [0.15, 0.2) is 17.5 Å². The summed E-state index contributed by atoms with van der Waals surface area (Å²) in [4.78, 5) is 10.8. The first-order valence-electron chi connectivity index (χ1n) is 6.14. The first-order chi connectivity index (χ1) is 10.5. The van der Waals surface area contributed by atoms with E-state index in [-0.39, 0.29) is 11.8 Å². The molecule has 1 unspecified atom stereocenters. The van der Waals surface area contributed by atoms with E-state index >= 15 is 0 Å². The van der Waals surface area contributed by atoms with Crippen molar-refractivity contribution >= 4 is 5.97 Å². The van der Waals surface area contributed by atoms with Crippen LogP contribution in [0.5, 0.6) is 17.2 Å². The van der Waals surface area contributed by atoms with Crippen molar-refractivity contribution in [3.8, 4) is 28.7 Å². The van der Waals surface area contributed by atoms with Crippen LogP contribution in [0.1, 0.15) is 11.9 Å². The predicted molar refractivity (Wildman–Crippen MR) is 74.0 cm³/mol. The molecule has 1 aromatic carbocycles. The lowest BCUT2D eigenvalue weighted by Crippen LogP contribution is -2.20. The molecule has 0 fully saturated rings. The molecule has 0 aliphatic carbocycles. The number of benzene rings is 1. The standard InChI is InChI=1S/C13H15N3O6/c1-19-7-4-6(5-8(20-2)10(7)21-3)11-15-16-12(22-11)9(14)13(17)18/h4-5,9H,14H2,1-3H3,(H,17,18). The number of nitrogens with two attached hydrogens (primary N) is 1. The number of nitrogens with zero attached hydrogens (tertiary/aromatic N) is 2. The average molecular weight is 309 g/mol. The second-order valence-corrected chi connectivity index (χ2v) is 4.18. The molecule has 0 saturated heterocycles. The third-order valence-corrected chi connectivity index (χ3v) is 2.88. The second-order valence-electron chi connectivity index (χ2n) is 4.18. The van der Waals surface area contributed by atoms with Crippen LogP contribution >= 0.6 is 0 Å². The highest BCUT2D eigenvalue weighted by molar-refractivity contribution is 5.74. The zero-order valence-corrected chi connectivity index (χ0v) is 12.2. The summed E-state index contributed by atoms with van der Waals surface area (Å²) < 4.78 is 20.9. The van der Waals surface area contributed by atoms with E-state index < -0.39 is 12.0 Å². The fourth-order valence-corrected chi connectivity index (χ4v) is 1.79. The van der Waals surface area contributed by atoms with Gasteiger partial charge in [-0.05, 0) is 12.1 Å². The Morgan fingerprint density at radius 3 is 2.23 bits per heavy atom. The number of hydrogen-bond acceptors (Lipinski definition) is 8. The normalized spacial score (nSPS) is 11.8. The van der Waals surface area contributed by atoms with Crippen molar-refractivity contribution < 1.29 is 28.5 Å². The molecular formula is C13H15N3O6. The number of hydrogen-bond donors (Lipinski definition) is 2. The highest BCUT2D eigenvalue weighted by Gasteiger charge is 2.23. The number of methoxy groups -OCH3 is 3. The minimum atomic E-state index is -1.39. The summed E-state index contributed by atoms with van der Waals surface area (Å²) in [6.07, 6.45) is 0. The third-order valence-electron chi connectivity index (χ3n) is 2.88. The summed E-state index contributed by atoms with van der Waals surface area (Å²) in [5.41, 5.74) is 5.90. The number of carboxylic acids is 1. The Kier molecular flexibility index (Phi) is 4.47. The maximum atomic E-state index is 10.8. The average Bonchev–Trinajstić information content (AvgIpc) is 3.02. The van der Waals surface area contributed by atoms with Crippen LogP contribution in [0.3, 0.4) is 0 Å². The van der Waals surface area contributed by atoms with E-state index in [0.717, 1.165) is 0 Å². The first-order valence-corrected chi connectivity index (χ1v) is 6.14. The number of aliphatic carboxylic acids is 1. The number of aromatic nitrogens is 2. The van der Waals surface area contributed by atoms with Crippen LogP contribution in [-0.4, -0.2) is 42.6 Å². The lowest BCUT2D eigenvalue weighted by Gasteiger charge is -2.12. The Morgan fingerprint density at radius 1 is 1.18 bits per heavy atom. The van der Waals surface area contributed by atoms with Crippen LogP contribution in [-0.2, 0) is 4.79 Å². The SMILES string of the molecule is COc1cc(-c2nnc(C(N)C(=O)O)o2)cc(OC)c1OC. The smallest absolute Gasteiger partial charge is 0.330 e. The van der Waals surface area contributed by atoms with Crippen LogP contribution in [0.25, 0.3) is 11.5 Å². The van der Waals surface area contributed by atoms with Crippen molar-refractivity contribution in [2.75, 3.05) is 21.3 Å².